The van der Waals surface area contributed by atoms with E-state index in [1.807, 2.05) is 0 Å². The predicted octanol–water partition coefficient (Wildman–Crippen LogP) is 3.26. The van der Waals surface area contributed by atoms with E-state index >= 15 is 0 Å². The van der Waals surface area contributed by atoms with Crippen molar-refractivity contribution in [3.8, 4) is 0 Å². The minimum atomic E-state index is -0.216. The number of benzene rings is 1. The maximum absolute atomic E-state index is 6.17. The Bertz CT molecular complexity index is 617. The standard InChI is InChI=1S/C17H24N2O/c1-3-12-6-5-7-13-14-8-11-20-17(4-2,9-10-18)16(14)19-15(12)13/h5-7,19H,3-4,8-11,18H2,1-2H3. The Morgan fingerprint density at radius 3 is 2.90 bits per heavy atom. The van der Waals surface area contributed by atoms with Gasteiger partial charge < -0.3 is 15.5 Å². The summed E-state index contributed by atoms with van der Waals surface area (Å²) in [6.45, 7) is 5.85. The maximum Gasteiger partial charge on any atom is 0.109 e. The Labute approximate surface area is 120 Å². The Morgan fingerprint density at radius 2 is 2.20 bits per heavy atom. The second-order valence-electron chi connectivity index (χ2n) is 5.66. The van der Waals surface area contributed by atoms with Gasteiger partial charge in [0, 0.05) is 10.9 Å². The molecule has 1 aromatic heterocycles. The van der Waals surface area contributed by atoms with Crippen LogP contribution in [0.2, 0.25) is 0 Å². The quantitative estimate of drug-likeness (QED) is 0.897. The second-order valence-corrected chi connectivity index (χ2v) is 5.66. The Kier molecular flexibility index (Phi) is 3.57. The number of para-hydroxylation sites is 1. The molecule has 108 valence electrons. The van der Waals surface area contributed by atoms with Crippen LogP contribution in [0.25, 0.3) is 10.9 Å². The zero-order valence-corrected chi connectivity index (χ0v) is 12.5. The van der Waals surface area contributed by atoms with Gasteiger partial charge in [0.2, 0.25) is 0 Å². The molecule has 0 spiro atoms. The number of ether oxygens (including phenoxy) is 1. The van der Waals surface area contributed by atoms with E-state index < -0.39 is 0 Å². The predicted molar refractivity (Wildman–Crippen MR) is 83.0 cm³/mol. The molecule has 0 radical (unpaired) electrons. The van der Waals surface area contributed by atoms with E-state index in [-0.39, 0.29) is 5.60 Å². The van der Waals surface area contributed by atoms with Crippen LogP contribution in [0.3, 0.4) is 0 Å². The van der Waals surface area contributed by atoms with Crippen molar-refractivity contribution in [2.75, 3.05) is 13.2 Å². The number of aryl methyl sites for hydroxylation is 1. The number of nitrogens with one attached hydrogen (secondary N) is 1. The van der Waals surface area contributed by atoms with Crippen LogP contribution >= 0.6 is 0 Å². The topological polar surface area (TPSA) is 51.0 Å². The Balaban J connectivity index is 2.24. The molecule has 2 heterocycles. The van der Waals surface area contributed by atoms with Crippen LogP contribution in [0.1, 0.15) is 43.5 Å². The minimum Gasteiger partial charge on any atom is -0.368 e. The monoisotopic (exact) mass is 272 g/mol. The first kappa shape index (κ1) is 13.7. The summed E-state index contributed by atoms with van der Waals surface area (Å²) in [5.74, 6) is 0. The Hall–Kier alpha value is -1.32. The third-order valence-corrected chi connectivity index (χ3v) is 4.71. The molecule has 0 saturated carbocycles. The number of rotatable bonds is 4. The van der Waals surface area contributed by atoms with Crippen molar-refractivity contribution in [3.05, 3.63) is 35.0 Å². The zero-order chi connectivity index (χ0) is 14.2. The molecule has 2 aromatic rings. The summed E-state index contributed by atoms with van der Waals surface area (Å²) in [4.78, 5) is 3.68. The van der Waals surface area contributed by atoms with E-state index in [0.29, 0.717) is 6.54 Å². The highest BCUT2D eigenvalue weighted by Crippen LogP contribution is 2.41. The van der Waals surface area contributed by atoms with Crippen LogP contribution in [0.4, 0.5) is 0 Å². The summed E-state index contributed by atoms with van der Waals surface area (Å²) in [5, 5.41) is 1.37. The van der Waals surface area contributed by atoms with Crippen LogP contribution in [0.15, 0.2) is 18.2 Å². The molecule has 20 heavy (non-hydrogen) atoms. The van der Waals surface area contributed by atoms with Crippen molar-refractivity contribution in [1.82, 2.24) is 4.98 Å². The fraction of sp³-hybridized carbons (Fsp3) is 0.529. The average molecular weight is 272 g/mol. The molecule has 1 atom stereocenters. The summed E-state index contributed by atoms with van der Waals surface area (Å²) < 4.78 is 6.17. The largest absolute Gasteiger partial charge is 0.368 e. The summed E-state index contributed by atoms with van der Waals surface area (Å²) in [6.07, 6.45) is 3.89. The zero-order valence-electron chi connectivity index (χ0n) is 12.5. The van der Waals surface area contributed by atoms with Gasteiger partial charge in [-0.25, -0.2) is 0 Å². The molecule has 3 rings (SSSR count). The highest BCUT2D eigenvalue weighted by molar-refractivity contribution is 5.88. The van der Waals surface area contributed by atoms with Crippen molar-refractivity contribution in [2.45, 2.75) is 45.1 Å². The smallest absolute Gasteiger partial charge is 0.109 e. The highest BCUT2D eigenvalue weighted by Gasteiger charge is 2.38. The number of fused-ring (bicyclic) bond motifs is 3. The number of H-pyrrole nitrogens is 1. The van der Waals surface area contributed by atoms with Gasteiger partial charge in [-0.15, -0.1) is 0 Å². The van der Waals surface area contributed by atoms with Crippen molar-refractivity contribution >= 4 is 10.9 Å². The van der Waals surface area contributed by atoms with Gasteiger partial charge in [0.1, 0.15) is 5.60 Å². The summed E-state index contributed by atoms with van der Waals surface area (Å²) in [5.41, 5.74) is 11.0. The molecule has 1 aliphatic rings. The first-order valence-electron chi connectivity index (χ1n) is 7.72. The van der Waals surface area contributed by atoms with Crippen LogP contribution in [-0.2, 0) is 23.2 Å². The molecule has 3 nitrogen and oxygen atoms in total. The molecular formula is C17H24N2O. The molecular weight excluding hydrogens is 248 g/mol. The van der Waals surface area contributed by atoms with Crippen LogP contribution in [0.5, 0.6) is 0 Å². The van der Waals surface area contributed by atoms with Gasteiger partial charge in [0.15, 0.2) is 0 Å². The van der Waals surface area contributed by atoms with Gasteiger partial charge in [0.25, 0.3) is 0 Å². The molecule has 0 aliphatic carbocycles. The van der Waals surface area contributed by atoms with E-state index in [4.69, 9.17) is 10.5 Å². The van der Waals surface area contributed by atoms with E-state index in [0.717, 1.165) is 32.3 Å². The van der Waals surface area contributed by atoms with Gasteiger partial charge >= 0.3 is 0 Å². The van der Waals surface area contributed by atoms with Gasteiger partial charge in [-0.05, 0) is 43.4 Å². The van der Waals surface area contributed by atoms with Crippen molar-refractivity contribution in [1.29, 1.82) is 0 Å². The number of hydrogen-bond donors (Lipinski definition) is 2. The van der Waals surface area contributed by atoms with Crippen molar-refractivity contribution in [3.63, 3.8) is 0 Å². The first-order chi connectivity index (χ1) is 9.75. The molecule has 0 amide bonds. The van der Waals surface area contributed by atoms with Crippen LogP contribution in [0, 0.1) is 0 Å². The number of aromatic nitrogens is 1. The maximum atomic E-state index is 6.17. The number of nitrogens with two attached hydrogens (primary N) is 1. The molecule has 0 fully saturated rings. The molecule has 1 unspecified atom stereocenters. The van der Waals surface area contributed by atoms with Crippen LogP contribution < -0.4 is 5.73 Å². The minimum absolute atomic E-state index is 0.216. The first-order valence-corrected chi connectivity index (χ1v) is 7.72. The molecule has 3 heteroatoms. The lowest BCUT2D eigenvalue weighted by atomic mass is 9.86. The van der Waals surface area contributed by atoms with Gasteiger partial charge in [-0.3, -0.25) is 0 Å². The number of aromatic amines is 1. The number of hydrogen-bond acceptors (Lipinski definition) is 2. The Morgan fingerprint density at radius 1 is 1.35 bits per heavy atom. The highest BCUT2D eigenvalue weighted by atomic mass is 16.5. The van der Waals surface area contributed by atoms with Crippen molar-refractivity contribution < 1.29 is 4.74 Å². The third kappa shape index (κ3) is 1.88. The lowest BCUT2D eigenvalue weighted by Crippen LogP contribution is -2.37. The molecule has 3 N–H and O–H groups in total. The average Bonchev–Trinajstić information content (AvgIpc) is 2.87. The second kappa shape index (κ2) is 5.23. The van der Waals surface area contributed by atoms with Crippen molar-refractivity contribution in [2.24, 2.45) is 5.73 Å². The fourth-order valence-corrected chi connectivity index (χ4v) is 3.58. The van der Waals surface area contributed by atoms with E-state index in [2.05, 4.69) is 37.0 Å². The van der Waals surface area contributed by atoms with E-state index in [9.17, 15) is 0 Å². The van der Waals surface area contributed by atoms with Gasteiger partial charge in [-0.1, -0.05) is 32.0 Å². The normalized spacial score (nSPS) is 22.1. The molecule has 1 aliphatic heterocycles. The lowest BCUT2D eigenvalue weighted by molar-refractivity contribution is -0.0701. The molecule has 1 aromatic carbocycles. The van der Waals surface area contributed by atoms with Crippen LogP contribution in [-0.4, -0.2) is 18.1 Å². The molecule has 0 bridgehead atoms. The van der Waals surface area contributed by atoms with E-state index in [1.54, 1.807) is 0 Å². The summed E-state index contributed by atoms with van der Waals surface area (Å²) in [7, 11) is 0. The van der Waals surface area contributed by atoms with Gasteiger partial charge in [-0.2, -0.15) is 0 Å². The van der Waals surface area contributed by atoms with Gasteiger partial charge in [0.05, 0.1) is 12.3 Å². The molecule has 0 saturated heterocycles. The summed E-state index contributed by atoms with van der Waals surface area (Å²) >= 11 is 0. The lowest BCUT2D eigenvalue weighted by Gasteiger charge is -2.36. The third-order valence-electron chi connectivity index (χ3n) is 4.71. The fourth-order valence-electron chi connectivity index (χ4n) is 3.58. The van der Waals surface area contributed by atoms with E-state index in [1.165, 1.54) is 27.7 Å². The SMILES string of the molecule is CCc1cccc2c3c([nH]c12)C(CC)(CCN)OCC3. The summed E-state index contributed by atoms with van der Waals surface area (Å²) in [6, 6.07) is 6.61.